The van der Waals surface area contributed by atoms with E-state index in [9.17, 15) is 0 Å². The standard InChI is InChI=1S/C16H25NO/c1-5-11(6-2)15(17)12-7-8-14-13(9-12)10-16(3,4)18-14/h7-9,11,15H,5-6,10,17H2,1-4H3. The molecule has 0 radical (unpaired) electrons. The Morgan fingerprint density at radius 3 is 2.56 bits per heavy atom. The van der Waals surface area contributed by atoms with Crippen LogP contribution in [0.4, 0.5) is 0 Å². The Hall–Kier alpha value is -1.02. The van der Waals surface area contributed by atoms with Gasteiger partial charge in [0.05, 0.1) is 0 Å². The second-order valence-corrected chi connectivity index (χ2v) is 6.01. The van der Waals surface area contributed by atoms with Crippen LogP contribution >= 0.6 is 0 Å². The summed E-state index contributed by atoms with van der Waals surface area (Å²) in [6.45, 7) is 8.70. The van der Waals surface area contributed by atoms with Gasteiger partial charge in [-0.2, -0.15) is 0 Å². The average molecular weight is 247 g/mol. The molecule has 1 unspecified atom stereocenters. The Kier molecular flexibility index (Phi) is 3.67. The third-order valence-corrected chi connectivity index (χ3v) is 4.03. The molecule has 2 heteroatoms. The van der Waals surface area contributed by atoms with E-state index in [1.54, 1.807) is 0 Å². The topological polar surface area (TPSA) is 35.2 Å². The van der Waals surface area contributed by atoms with Crippen LogP contribution in [0.2, 0.25) is 0 Å². The first-order valence-electron chi connectivity index (χ1n) is 7.04. The molecule has 100 valence electrons. The molecule has 2 rings (SSSR count). The summed E-state index contributed by atoms with van der Waals surface area (Å²) in [5.41, 5.74) is 8.87. The highest BCUT2D eigenvalue weighted by molar-refractivity contribution is 5.42. The maximum atomic E-state index is 6.38. The Labute approximate surface area is 111 Å². The minimum atomic E-state index is -0.0695. The molecule has 18 heavy (non-hydrogen) atoms. The largest absolute Gasteiger partial charge is 0.487 e. The SMILES string of the molecule is CCC(CC)C(N)c1ccc2c(c1)CC(C)(C)O2. The summed E-state index contributed by atoms with van der Waals surface area (Å²) in [4.78, 5) is 0. The number of nitrogens with two attached hydrogens (primary N) is 1. The third kappa shape index (κ3) is 2.54. The van der Waals surface area contributed by atoms with Gasteiger partial charge in [0, 0.05) is 12.5 Å². The lowest BCUT2D eigenvalue weighted by Crippen LogP contribution is -2.24. The van der Waals surface area contributed by atoms with Crippen LogP contribution in [0.25, 0.3) is 0 Å². The Morgan fingerprint density at radius 2 is 1.94 bits per heavy atom. The average Bonchev–Trinajstić information content (AvgIpc) is 2.63. The molecule has 2 nitrogen and oxygen atoms in total. The summed E-state index contributed by atoms with van der Waals surface area (Å²) in [6, 6.07) is 6.60. The molecule has 0 aliphatic carbocycles. The summed E-state index contributed by atoms with van der Waals surface area (Å²) >= 11 is 0. The van der Waals surface area contributed by atoms with Gasteiger partial charge in [-0.15, -0.1) is 0 Å². The van der Waals surface area contributed by atoms with E-state index in [1.807, 2.05) is 0 Å². The third-order valence-electron chi connectivity index (χ3n) is 4.03. The zero-order chi connectivity index (χ0) is 13.3. The molecule has 0 spiro atoms. The zero-order valence-corrected chi connectivity index (χ0v) is 12.0. The van der Waals surface area contributed by atoms with E-state index in [2.05, 4.69) is 45.9 Å². The highest BCUT2D eigenvalue weighted by atomic mass is 16.5. The van der Waals surface area contributed by atoms with E-state index >= 15 is 0 Å². The Bertz CT molecular complexity index is 421. The zero-order valence-electron chi connectivity index (χ0n) is 12.0. The molecule has 1 aliphatic heterocycles. The minimum absolute atomic E-state index is 0.0695. The maximum Gasteiger partial charge on any atom is 0.123 e. The van der Waals surface area contributed by atoms with E-state index in [4.69, 9.17) is 10.5 Å². The Morgan fingerprint density at radius 1 is 1.28 bits per heavy atom. The number of rotatable bonds is 4. The number of ether oxygens (including phenoxy) is 1. The molecule has 2 N–H and O–H groups in total. The number of benzene rings is 1. The van der Waals surface area contributed by atoms with E-state index in [0.29, 0.717) is 5.92 Å². The van der Waals surface area contributed by atoms with Gasteiger partial charge in [0.1, 0.15) is 11.4 Å². The van der Waals surface area contributed by atoms with Crippen molar-refractivity contribution in [1.29, 1.82) is 0 Å². The monoisotopic (exact) mass is 247 g/mol. The van der Waals surface area contributed by atoms with Crippen molar-refractivity contribution in [2.75, 3.05) is 0 Å². The van der Waals surface area contributed by atoms with Crippen molar-refractivity contribution in [2.45, 2.75) is 58.6 Å². The van der Waals surface area contributed by atoms with Crippen molar-refractivity contribution in [3.8, 4) is 5.75 Å². The maximum absolute atomic E-state index is 6.38. The van der Waals surface area contributed by atoms with Crippen LogP contribution in [0.15, 0.2) is 18.2 Å². The lowest BCUT2D eigenvalue weighted by atomic mass is 9.88. The first-order chi connectivity index (χ1) is 8.46. The van der Waals surface area contributed by atoms with E-state index < -0.39 is 0 Å². The van der Waals surface area contributed by atoms with Crippen molar-refractivity contribution in [3.05, 3.63) is 29.3 Å². The fourth-order valence-corrected chi connectivity index (χ4v) is 2.91. The predicted octanol–water partition coefficient (Wildman–Crippen LogP) is 3.84. The van der Waals surface area contributed by atoms with Crippen LogP contribution in [-0.4, -0.2) is 5.60 Å². The lowest BCUT2D eigenvalue weighted by Gasteiger charge is -2.22. The first-order valence-corrected chi connectivity index (χ1v) is 7.04. The molecule has 1 aliphatic rings. The van der Waals surface area contributed by atoms with Crippen LogP contribution in [0.1, 0.15) is 57.7 Å². The van der Waals surface area contributed by atoms with Gasteiger partial charge in [-0.05, 0) is 37.0 Å². The molecule has 0 aromatic heterocycles. The molecular formula is C16H25NO. The molecule has 1 aromatic carbocycles. The fraction of sp³-hybridized carbons (Fsp3) is 0.625. The van der Waals surface area contributed by atoms with Crippen LogP contribution in [-0.2, 0) is 6.42 Å². The Balaban J connectivity index is 2.23. The summed E-state index contributed by atoms with van der Waals surface area (Å²) in [7, 11) is 0. The van der Waals surface area contributed by atoms with Crippen molar-refractivity contribution >= 4 is 0 Å². The molecule has 0 bridgehead atoms. The molecule has 0 saturated heterocycles. The van der Waals surface area contributed by atoms with Crippen LogP contribution < -0.4 is 10.5 Å². The highest BCUT2D eigenvalue weighted by Gasteiger charge is 2.30. The molecule has 1 atom stereocenters. The van der Waals surface area contributed by atoms with Gasteiger partial charge in [-0.3, -0.25) is 0 Å². The molecule has 0 amide bonds. The quantitative estimate of drug-likeness (QED) is 0.877. The highest BCUT2D eigenvalue weighted by Crippen LogP contribution is 2.37. The van der Waals surface area contributed by atoms with Crippen LogP contribution in [0.3, 0.4) is 0 Å². The molecule has 0 saturated carbocycles. The van der Waals surface area contributed by atoms with E-state index in [1.165, 1.54) is 11.1 Å². The molecule has 1 heterocycles. The predicted molar refractivity (Wildman–Crippen MR) is 75.9 cm³/mol. The molecule has 1 aromatic rings. The van der Waals surface area contributed by atoms with Crippen molar-refractivity contribution in [1.82, 2.24) is 0 Å². The van der Waals surface area contributed by atoms with E-state index in [0.717, 1.165) is 25.0 Å². The van der Waals surface area contributed by atoms with Gasteiger partial charge in [-0.25, -0.2) is 0 Å². The second kappa shape index (κ2) is 4.93. The van der Waals surface area contributed by atoms with Crippen molar-refractivity contribution in [3.63, 3.8) is 0 Å². The van der Waals surface area contributed by atoms with Crippen molar-refractivity contribution in [2.24, 2.45) is 11.7 Å². The summed E-state index contributed by atoms with van der Waals surface area (Å²) in [5, 5.41) is 0. The van der Waals surface area contributed by atoms with Gasteiger partial charge in [0.2, 0.25) is 0 Å². The normalized spacial score (nSPS) is 18.6. The number of hydrogen-bond donors (Lipinski definition) is 1. The van der Waals surface area contributed by atoms with E-state index in [-0.39, 0.29) is 11.6 Å². The van der Waals surface area contributed by atoms with Gasteiger partial charge in [-0.1, -0.05) is 38.8 Å². The van der Waals surface area contributed by atoms with Crippen molar-refractivity contribution < 1.29 is 4.74 Å². The lowest BCUT2D eigenvalue weighted by molar-refractivity contribution is 0.138. The smallest absolute Gasteiger partial charge is 0.123 e. The minimum Gasteiger partial charge on any atom is -0.487 e. The summed E-state index contributed by atoms with van der Waals surface area (Å²) in [6.07, 6.45) is 3.25. The second-order valence-electron chi connectivity index (χ2n) is 6.01. The molecular weight excluding hydrogens is 222 g/mol. The summed E-state index contributed by atoms with van der Waals surface area (Å²) in [5.74, 6) is 1.60. The van der Waals surface area contributed by atoms with Crippen LogP contribution in [0, 0.1) is 5.92 Å². The number of hydrogen-bond acceptors (Lipinski definition) is 2. The van der Waals surface area contributed by atoms with Crippen LogP contribution in [0.5, 0.6) is 5.75 Å². The summed E-state index contributed by atoms with van der Waals surface area (Å²) < 4.78 is 5.90. The van der Waals surface area contributed by atoms with Gasteiger partial charge < -0.3 is 10.5 Å². The van der Waals surface area contributed by atoms with Gasteiger partial charge >= 0.3 is 0 Å². The molecule has 0 fully saturated rings. The van der Waals surface area contributed by atoms with Gasteiger partial charge in [0.25, 0.3) is 0 Å². The fourth-order valence-electron chi connectivity index (χ4n) is 2.91. The van der Waals surface area contributed by atoms with Gasteiger partial charge in [0.15, 0.2) is 0 Å². The number of fused-ring (bicyclic) bond motifs is 1. The first kappa shape index (κ1) is 13.4.